The van der Waals surface area contributed by atoms with Crippen LogP contribution in [0, 0.1) is 23.7 Å². The monoisotopic (exact) mass is 340 g/mol. The lowest BCUT2D eigenvalue weighted by Gasteiger charge is -2.59. The fraction of sp³-hybridized carbons (Fsp3) is 0.700. The number of anilines is 1. The summed E-state index contributed by atoms with van der Waals surface area (Å²) in [6.07, 6.45) is 9.76. The molecule has 0 aliphatic heterocycles. The second-order valence-corrected chi connectivity index (χ2v) is 8.88. The summed E-state index contributed by atoms with van der Waals surface area (Å²) in [7, 11) is 0. The van der Waals surface area contributed by atoms with Crippen LogP contribution in [0.4, 0.5) is 10.6 Å². The number of aryl methyl sites for hydroxylation is 2. The van der Waals surface area contributed by atoms with Gasteiger partial charge in [-0.2, -0.15) is 0 Å². The van der Waals surface area contributed by atoms with Crippen molar-refractivity contribution in [3.8, 4) is 0 Å². The molecule has 0 unspecified atom stereocenters. The molecule has 0 saturated heterocycles. The van der Waals surface area contributed by atoms with Gasteiger partial charge in [-0.05, 0) is 86.7 Å². The number of urea groups is 1. The van der Waals surface area contributed by atoms with Crippen LogP contribution in [-0.2, 0) is 12.8 Å². The largest absolute Gasteiger partial charge is 0.336 e. The predicted octanol–water partition coefficient (Wildman–Crippen LogP) is 2.85. The number of nitrogens with one attached hydrogen (secondary N) is 2. The van der Waals surface area contributed by atoms with E-state index < -0.39 is 0 Å². The zero-order valence-corrected chi connectivity index (χ0v) is 14.8. The zero-order chi connectivity index (χ0) is 17.0. The van der Waals surface area contributed by atoms with Crippen LogP contribution in [0.2, 0.25) is 0 Å². The minimum Gasteiger partial charge on any atom is -0.336 e. The van der Waals surface area contributed by atoms with E-state index in [1.54, 1.807) is 0 Å². The minimum absolute atomic E-state index is 0.177. The maximum Gasteiger partial charge on any atom is 0.320 e. The van der Waals surface area contributed by atoms with Crippen LogP contribution < -0.4 is 16.4 Å². The third kappa shape index (κ3) is 2.64. The average Bonchev–Trinajstić information content (AvgIpc) is 3.05. The predicted molar refractivity (Wildman–Crippen MR) is 97.2 cm³/mol. The third-order valence-corrected chi connectivity index (χ3v) is 7.38. The maximum atomic E-state index is 12.4. The van der Waals surface area contributed by atoms with Gasteiger partial charge < -0.3 is 11.1 Å². The van der Waals surface area contributed by atoms with Crippen LogP contribution in [0.15, 0.2) is 12.1 Å². The summed E-state index contributed by atoms with van der Waals surface area (Å²) < 4.78 is 0. The molecule has 4 bridgehead atoms. The molecule has 0 aromatic carbocycles. The first-order valence-corrected chi connectivity index (χ1v) is 9.92. The van der Waals surface area contributed by atoms with Gasteiger partial charge in [-0.1, -0.05) is 6.07 Å². The van der Waals surface area contributed by atoms with Gasteiger partial charge in [0.05, 0.1) is 0 Å². The number of pyridine rings is 1. The van der Waals surface area contributed by atoms with E-state index in [4.69, 9.17) is 5.73 Å². The topological polar surface area (TPSA) is 80.0 Å². The van der Waals surface area contributed by atoms with Crippen LogP contribution in [0.3, 0.4) is 0 Å². The highest BCUT2D eigenvalue weighted by molar-refractivity contribution is 5.88. The Kier molecular flexibility index (Phi) is 3.56. The van der Waals surface area contributed by atoms with Gasteiger partial charge in [0.1, 0.15) is 5.82 Å². The molecule has 1 aromatic heterocycles. The lowest BCUT2D eigenvalue weighted by atomic mass is 9.49. The van der Waals surface area contributed by atoms with Crippen molar-refractivity contribution in [1.82, 2.24) is 10.3 Å². The first-order valence-electron chi connectivity index (χ1n) is 9.92. The molecule has 5 heteroatoms. The second kappa shape index (κ2) is 5.70. The summed E-state index contributed by atoms with van der Waals surface area (Å²) in [5.74, 6) is 3.60. The summed E-state index contributed by atoms with van der Waals surface area (Å²) >= 11 is 0. The van der Waals surface area contributed by atoms with Crippen LogP contribution in [-0.4, -0.2) is 23.1 Å². The number of carbonyl (C=O) groups excluding carboxylic acids is 1. The molecule has 4 fully saturated rings. The average molecular weight is 340 g/mol. The molecule has 5 aliphatic carbocycles. The quantitative estimate of drug-likeness (QED) is 0.791. The molecule has 134 valence electrons. The van der Waals surface area contributed by atoms with E-state index in [0.29, 0.717) is 24.2 Å². The number of nitrogens with two attached hydrogens (primary N) is 1. The normalized spacial score (nSPS) is 37.8. The van der Waals surface area contributed by atoms with Gasteiger partial charge >= 0.3 is 6.03 Å². The fourth-order valence-electron chi connectivity index (χ4n) is 6.23. The van der Waals surface area contributed by atoms with E-state index in [1.165, 1.54) is 44.1 Å². The van der Waals surface area contributed by atoms with Gasteiger partial charge in [0.2, 0.25) is 0 Å². The van der Waals surface area contributed by atoms with Gasteiger partial charge in [0.25, 0.3) is 0 Å². The molecule has 4 N–H and O–H groups in total. The molecule has 2 amide bonds. The molecule has 5 nitrogen and oxygen atoms in total. The van der Waals surface area contributed by atoms with Crippen molar-refractivity contribution in [2.75, 3.05) is 11.9 Å². The number of aromatic nitrogens is 1. The van der Waals surface area contributed by atoms with Crippen molar-refractivity contribution in [2.45, 2.75) is 56.9 Å². The van der Waals surface area contributed by atoms with Crippen molar-refractivity contribution in [1.29, 1.82) is 0 Å². The van der Waals surface area contributed by atoms with Gasteiger partial charge in [-0.15, -0.1) is 0 Å². The molecule has 1 aromatic rings. The first-order chi connectivity index (χ1) is 12.1. The van der Waals surface area contributed by atoms with Gasteiger partial charge in [0.15, 0.2) is 0 Å². The Bertz CT molecular complexity index is 673. The molecular weight excluding hydrogens is 312 g/mol. The third-order valence-electron chi connectivity index (χ3n) is 7.38. The number of nitrogens with zero attached hydrogens (tertiary/aromatic N) is 1. The lowest BCUT2D eigenvalue weighted by molar-refractivity contribution is -0.0528. The van der Waals surface area contributed by atoms with Crippen molar-refractivity contribution >= 4 is 11.8 Å². The summed E-state index contributed by atoms with van der Waals surface area (Å²) in [6, 6.07) is 3.82. The van der Waals surface area contributed by atoms with Gasteiger partial charge in [0, 0.05) is 17.8 Å². The van der Waals surface area contributed by atoms with E-state index >= 15 is 0 Å². The molecule has 25 heavy (non-hydrogen) atoms. The van der Waals surface area contributed by atoms with Crippen LogP contribution in [0.5, 0.6) is 0 Å². The van der Waals surface area contributed by atoms with Crippen molar-refractivity contribution in [3.63, 3.8) is 0 Å². The number of hydrogen-bond acceptors (Lipinski definition) is 3. The molecule has 4 saturated carbocycles. The fourth-order valence-corrected chi connectivity index (χ4v) is 6.23. The van der Waals surface area contributed by atoms with Crippen molar-refractivity contribution in [3.05, 3.63) is 23.4 Å². The molecule has 0 spiro atoms. The molecule has 1 heterocycles. The highest BCUT2D eigenvalue weighted by Crippen LogP contribution is 2.57. The maximum absolute atomic E-state index is 12.4. The van der Waals surface area contributed by atoms with Crippen LogP contribution in [0.1, 0.15) is 49.8 Å². The molecule has 5 aliphatic rings. The number of carbonyl (C=O) groups is 1. The highest BCUT2D eigenvalue weighted by Gasteiger charge is 2.55. The minimum atomic E-state index is -0.212. The van der Waals surface area contributed by atoms with Gasteiger partial charge in [-0.3, -0.25) is 5.32 Å². The Morgan fingerprint density at radius 3 is 2.56 bits per heavy atom. The number of hydrogen-bond donors (Lipinski definition) is 3. The standard InChI is InChI=1S/C20H28N4O/c21-20(15-7-12-6-13(9-15)10-16(20)8-12)11-22-19(25)24-18-5-4-14-2-1-3-17(14)23-18/h4-5,12-13,15-16H,1-3,6-11,21H2,(H2,22,23,24,25). The van der Waals surface area contributed by atoms with Crippen LogP contribution >= 0.6 is 0 Å². The van der Waals surface area contributed by atoms with Crippen LogP contribution in [0.25, 0.3) is 0 Å². The number of fused-ring (bicyclic) bond motifs is 1. The Morgan fingerprint density at radius 1 is 1.12 bits per heavy atom. The Balaban J connectivity index is 1.22. The van der Waals surface area contributed by atoms with E-state index in [2.05, 4.69) is 21.7 Å². The van der Waals surface area contributed by atoms with E-state index in [9.17, 15) is 4.79 Å². The highest BCUT2D eigenvalue weighted by atomic mass is 16.2. The van der Waals surface area contributed by atoms with E-state index in [-0.39, 0.29) is 11.6 Å². The Labute approximate surface area is 149 Å². The smallest absolute Gasteiger partial charge is 0.320 e. The zero-order valence-electron chi connectivity index (χ0n) is 14.8. The molecular formula is C20H28N4O. The Morgan fingerprint density at radius 2 is 1.84 bits per heavy atom. The lowest BCUT2D eigenvalue weighted by Crippen LogP contribution is -2.67. The van der Waals surface area contributed by atoms with Crippen molar-refractivity contribution < 1.29 is 4.79 Å². The SMILES string of the molecule is NC1(CNC(=O)Nc2ccc3c(n2)CCC3)C2CC3CC(C2)CC1C3. The van der Waals surface area contributed by atoms with E-state index in [0.717, 1.165) is 30.4 Å². The second-order valence-electron chi connectivity index (χ2n) is 8.88. The molecule has 6 rings (SSSR count). The molecule has 0 radical (unpaired) electrons. The summed E-state index contributed by atoms with van der Waals surface area (Å²) in [4.78, 5) is 16.9. The Hall–Kier alpha value is -1.62. The summed E-state index contributed by atoms with van der Waals surface area (Å²) in [6.45, 7) is 0.582. The van der Waals surface area contributed by atoms with Gasteiger partial charge in [-0.25, -0.2) is 9.78 Å². The molecule has 0 atom stereocenters. The first kappa shape index (κ1) is 15.6. The van der Waals surface area contributed by atoms with Crippen molar-refractivity contribution in [2.24, 2.45) is 29.4 Å². The number of amides is 2. The van der Waals surface area contributed by atoms with E-state index in [1.807, 2.05) is 6.07 Å². The number of rotatable bonds is 3. The summed E-state index contributed by atoms with van der Waals surface area (Å²) in [5.41, 5.74) is 9.09. The summed E-state index contributed by atoms with van der Waals surface area (Å²) in [5, 5.41) is 5.95.